The Labute approximate surface area is 155 Å². The molecule has 3 aromatic rings. The Morgan fingerprint density at radius 1 is 1.27 bits per heavy atom. The van der Waals surface area contributed by atoms with Crippen LogP contribution in [-0.2, 0) is 13.1 Å². The number of pyridine rings is 1. The van der Waals surface area contributed by atoms with Gasteiger partial charge in [-0.15, -0.1) is 11.3 Å². The number of rotatable bonds is 7. The normalized spacial score (nSPS) is 11.0. The Morgan fingerprint density at radius 3 is 2.85 bits per heavy atom. The van der Waals surface area contributed by atoms with Gasteiger partial charge in [-0.3, -0.25) is 19.1 Å². The lowest BCUT2D eigenvalue weighted by Gasteiger charge is -2.05. The first-order chi connectivity index (χ1) is 12.6. The average molecular weight is 370 g/mol. The molecule has 0 unspecified atom stereocenters. The molecule has 1 amide bonds. The molecular formula is C19H22N4O2S. The number of carbonyl (C=O) groups is 1. The van der Waals surface area contributed by atoms with Crippen LogP contribution in [0.1, 0.15) is 47.1 Å². The van der Waals surface area contributed by atoms with Gasteiger partial charge >= 0.3 is 0 Å². The maximum Gasteiger partial charge on any atom is 0.262 e. The molecular weight excluding hydrogens is 348 g/mol. The molecule has 0 aliphatic rings. The fourth-order valence-electron chi connectivity index (χ4n) is 2.82. The SMILES string of the molecule is CCCCCn1cnc2sc(C(=O)NCc3ccccn3)c(C)c2c1=O. The van der Waals surface area contributed by atoms with Crippen LogP contribution in [0.2, 0.25) is 0 Å². The second-order valence-electron chi connectivity index (χ2n) is 6.19. The van der Waals surface area contributed by atoms with E-state index in [0.717, 1.165) is 25.0 Å². The lowest BCUT2D eigenvalue weighted by atomic mass is 10.2. The number of aryl methyl sites for hydroxylation is 2. The number of unbranched alkanes of at least 4 members (excludes halogenated alkanes) is 2. The van der Waals surface area contributed by atoms with E-state index in [1.807, 2.05) is 25.1 Å². The molecule has 0 aliphatic carbocycles. The van der Waals surface area contributed by atoms with Crippen LogP contribution in [0, 0.1) is 6.92 Å². The number of hydrogen-bond donors (Lipinski definition) is 1. The fourth-order valence-corrected chi connectivity index (χ4v) is 3.88. The Balaban J connectivity index is 1.83. The van der Waals surface area contributed by atoms with Gasteiger partial charge in [-0.2, -0.15) is 0 Å². The third kappa shape index (κ3) is 3.83. The van der Waals surface area contributed by atoms with E-state index in [4.69, 9.17) is 0 Å². The van der Waals surface area contributed by atoms with Gasteiger partial charge in [0, 0.05) is 12.7 Å². The Morgan fingerprint density at radius 2 is 2.12 bits per heavy atom. The van der Waals surface area contributed by atoms with Gasteiger partial charge in [-0.25, -0.2) is 4.98 Å². The van der Waals surface area contributed by atoms with E-state index in [2.05, 4.69) is 22.2 Å². The van der Waals surface area contributed by atoms with E-state index < -0.39 is 0 Å². The third-order valence-corrected chi connectivity index (χ3v) is 5.48. The quantitative estimate of drug-likeness (QED) is 0.648. The highest BCUT2D eigenvalue weighted by molar-refractivity contribution is 7.20. The Hall–Kier alpha value is -2.54. The van der Waals surface area contributed by atoms with Crippen LogP contribution < -0.4 is 10.9 Å². The maximum absolute atomic E-state index is 12.7. The van der Waals surface area contributed by atoms with Crippen molar-refractivity contribution in [2.24, 2.45) is 0 Å². The number of thiophene rings is 1. The third-order valence-electron chi connectivity index (χ3n) is 4.28. The van der Waals surface area contributed by atoms with Crippen molar-refractivity contribution < 1.29 is 4.79 Å². The molecule has 0 aliphatic heterocycles. The second-order valence-corrected chi connectivity index (χ2v) is 7.19. The van der Waals surface area contributed by atoms with Gasteiger partial charge in [0.15, 0.2) is 0 Å². The van der Waals surface area contributed by atoms with Crippen molar-refractivity contribution in [2.45, 2.75) is 46.2 Å². The average Bonchev–Trinajstić information content (AvgIpc) is 3.00. The van der Waals surface area contributed by atoms with Crippen LogP contribution in [-0.4, -0.2) is 20.4 Å². The first kappa shape index (κ1) is 18.3. The molecule has 0 aromatic carbocycles. The minimum atomic E-state index is -0.201. The maximum atomic E-state index is 12.7. The van der Waals surface area contributed by atoms with Gasteiger partial charge < -0.3 is 5.32 Å². The molecule has 0 fully saturated rings. The van der Waals surface area contributed by atoms with Crippen molar-refractivity contribution >= 4 is 27.5 Å². The van der Waals surface area contributed by atoms with E-state index in [1.165, 1.54) is 11.3 Å². The predicted molar refractivity (Wildman–Crippen MR) is 104 cm³/mol. The number of amides is 1. The summed E-state index contributed by atoms with van der Waals surface area (Å²) in [6.45, 7) is 4.95. The number of nitrogens with zero attached hydrogens (tertiary/aromatic N) is 3. The first-order valence-electron chi connectivity index (χ1n) is 8.78. The van der Waals surface area contributed by atoms with Crippen LogP contribution in [0.3, 0.4) is 0 Å². The molecule has 26 heavy (non-hydrogen) atoms. The lowest BCUT2D eigenvalue weighted by molar-refractivity contribution is 0.0954. The summed E-state index contributed by atoms with van der Waals surface area (Å²) in [7, 11) is 0. The molecule has 6 nitrogen and oxygen atoms in total. The van der Waals surface area contributed by atoms with Crippen LogP contribution in [0.4, 0.5) is 0 Å². The van der Waals surface area contributed by atoms with E-state index in [9.17, 15) is 9.59 Å². The zero-order chi connectivity index (χ0) is 18.5. The molecule has 0 spiro atoms. The summed E-state index contributed by atoms with van der Waals surface area (Å²) in [6.07, 6.45) is 6.41. The highest BCUT2D eigenvalue weighted by Gasteiger charge is 2.19. The van der Waals surface area contributed by atoms with E-state index >= 15 is 0 Å². The highest BCUT2D eigenvalue weighted by Crippen LogP contribution is 2.26. The summed E-state index contributed by atoms with van der Waals surface area (Å²) >= 11 is 1.26. The van der Waals surface area contributed by atoms with Crippen LogP contribution in [0.5, 0.6) is 0 Å². The molecule has 1 N–H and O–H groups in total. The summed E-state index contributed by atoms with van der Waals surface area (Å²) in [5.41, 5.74) is 1.42. The van der Waals surface area contributed by atoms with Gasteiger partial charge in [0.25, 0.3) is 11.5 Å². The van der Waals surface area contributed by atoms with Gasteiger partial charge in [-0.1, -0.05) is 25.8 Å². The van der Waals surface area contributed by atoms with Crippen molar-refractivity contribution in [2.75, 3.05) is 0 Å². The zero-order valence-electron chi connectivity index (χ0n) is 15.0. The van der Waals surface area contributed by atoms with Gasteiger partial charge in [0.1, 0.15) is 4.83 Å². The number of fused-ring (bicyclic) bond motifs is 1. The summed E-state index contributed by atoms with van der Waals surface area (Å²) in [5, 5.41) is 3.42. The highest BCUT2D eigenvalue weighted by atomic mass is 32.1. The van der Waals surface area contributed by atoms with Gasteiger partial charge in [0.2, 0.25) is 0 Å². The predicted octanol–water partition coefficient (Wildman–Crippen LogP) is 3.28. The molecule has 0 bridgehead atoms. The Bertz CT molecular complexity index is 963. The Kier molecular flexibility index (Phi) is 5.78. The van der Waals surface area contributed by atoms with Crippen molar-refractivity contribution in [3.8, 4) is 0 Å². The molecule has 0 saturated carbocycles. The number of aromatic nitrogens is 3. The van der Waals surface area contributed by atoms with Crippen LogP contribution >= 0.6 is 11.3 Å². The molecule has 0 radical (unpaired) electrons. The van der Waals surface area contributed by atoms with Crippen molar-refractivity contribution in [3.05, 3.63) is 57.2 Å². The number of hydrogen-bond acceptors (Lipinski definition) is 5. The largest absolute Gasteiger partial charge is 0.346 e. The van der Waals surface area contributed by atoms with E-state index in [-0.39, 0.29) is 11.5 Å². The molecule has 3 aromatic heterocycles. The van der Waals surface area contributed by atoms with E-state index in [1.54, 1.807) is 17.1 Å². The topological polar surface area (TPSA) is 76.9 Å². The molecule has 0 atom stereocenters. The van der Waals surface area contributed by atoms with Crippen LogP contribution in [0.25, 0.3) is 10.2 Å². The smallest absolute Gasteiger partial charge is 0.262 e. The van der Waals surface area contributed by atoms with E-state index in [0.29, 0.717) is 33.7 Å². The van der Waals surface area contributed by atoms with Crippen molar-refractivity contribution in [3.63, 3.8) is 0 Å². The molecule has 3 rings (SSSR count). The monoisotopic (exact) mass is 370 g/mol. The van der Waals surface area contributed by atoms with Gasteiger partial charge in [-0.05, 0) is 31.0 Å². The summed E-state index contributed by atoms with van der Waals surface area (Å²) in [4.78, 5) is 35.0. The number of carbonyl (C=O) groups excluding carboxylic acids is 1. The molecule has 7 heteroatoms. The summed E-state index contributed by atoms with van der Waals surface area (Å²) in [5.74, 6) is -0.201. The standard InChI is InChI=1S/C19H22N4O2S/c1-3-4-7-10-23-12-22-18-15(19(23)25)13(2)16(26-18)17(24)21-11-14-8-5-6-9-20-14/h5-6,8-9,12H,3-4,7,10-11H2,1-2H3,(H,21,24). The lowest BCUT2D eigenvalue weighted by Crippen LogP contribution is -2.23. The minimum absolute atomic E-state index is 0.0661. The second kappa shape index (κ2) is 8.23. The minimum Gasteiger partial charge on any atom is -0.346 e. The summed E-state index contributed by atoms with van der Waals surface area (Å²) in [6, 6.07) is 5.57. The number of nitrogens with one attached hydrogen (secondary N) is 1. The zero-order valence-corrected chi connectivity index (χ0v) is 15.8. The van der Waals surface area contributed by atoms with Gasteiger partial charge in [0.05, 0.1) is 28.8 Å². The first-order valence-corrected chi connectivity index (χ1v) is 9.60. The van der Waals surface area contributed by atoms with Crippen LogP contribution in [0.15, 0.2) is 35.5 Å². The molecule has 3 heterocycles. The van der Waals surface area contributed by atoms with Crippen molar-refractivity contribution in [1.82, 2.24) is 19.9 Å². The van der Waals surface area contributed by atoms with Crippen molar-refractivity contribution in [1.29, 1.82) is 0 Å². The molecule has 0 saturated heterocycles. The molecule has 136 valence electrons. The fraction of sp³-hybridized carbons (Fsp3) is 0.368. The summed E-state index contributed by atoms with van der Waals surface area (Å²) < 4.78 is 1.65.